The first-order chi connectivity index (χ1) is 9.74. The maximum Gasteiger partial charge on any atom is 0.131 e. The van der Waals surface area contributed by atoms with E-state index in [1.807, 2.05) is 6.20 Å². The minimum atomic E-state index is 0.121. The number of methoxy groups -OCH3 is 1. The van der Waals surface area contributed by atoms with E-state index in [-0.39, 0.29) is 6.61 Å². The number of aliphatic hydroxyl groups excluding tert-OH is 1. The average Bonchev–Trinajstić information content (AvgIpc) is 3.26. The van der Waals surface area contributed by atoms with Crippen LogP contribution in [0, 0.1) is 6.92 Å². The molecular weight excluding hydrogens is 254 g/mol. The van der Waals surface area contributed by atoms with Crippen molar-refractivity contribution in [1.82, 2.24) is 10.3 Å². The third-order valence-corrected chi connectivity index (χ3v) is 3.51. The predicted octanol–water partition coefficient (Wildman–Crippen LogP) is 1.09. The van der Waals surface area contributed by atoms with Gasteiger partial charge in [-0.15, -0.1) is 0 Å². The minimum absolute atomic E-state index is 0.121. The second-order valence-corrected chi connectivity index (χ2v) is 5.34. The van der Waals surface area contributed by atoms with Crippen LogP contribution in [0.5, 0.6) is 0 Å². The molecule has 0 unspecified atom stereocenters. The van der Waals surface area contributed by atoms with Gasteiger partial charge in [-0.1, -0.05) is 0 Å². The standard InChI is InChI=1S/C15H25N3O2/c1-12-9-13(10-16-14-3-4-14)11-17-15(12)18(5-7-19)6-8-20-2/h9,11,14,16,19H,3-8,10H2,1-2H3. The molecule has 0 spiro atoms. The zero-order valence-corrected chi connectivity index (χ0v) is 12.4. The van der Waals surface area contributed by atoms with Crippen LogP contribution in [-0.4, -0.2) is 49.5 Å². The molecule has 5 heteroatoms. The van der Waals surface area contributed by atoms with E-state index in [1.54, 1.807) is 7.11 Å². The Kier molecular flexibility index (Phi) is 5.76. The van der Waals surface area contributed by atoms with Gasteiger partial charge in [0.25, 0.3) is 0 Å². The summed E-state index contributed by atoms with van der Waals surface area (Å²) in [5.41, 5.74) is 2.36. The van der Waals surface area contributed by atoms with Crippen molar-refractivity contribution in [3.63, 3.8) is 0 Å². The van der Waals surface area contributed by atoms with Crippen LogP contribution in [0.15, 0.2) is 12.3 Å². The molecule has 0 radical (unpaired) electrons. The number of aromatic nitrogens is 1. The summed E-state index contributed by atoms with van der Waals surface area (Å²) in [7, 11) is 1.68. The number of pyridine rings is 1. The van der Waals surface area contributed by atoms with E-state index in [2.05, 4.69) is 28.2 Å². The molecule has 1 aliphatic rings. The lowest BCUT2D eigenvalue weighted by Gasteiger charge is -2.24. The highest BCUT2D eigenvalue weighted by molar-refractivity contribution is 5.47. The van der Waals surface area contributed by atoms with E-state index < -0.39 is 0 Å². The molecular formula is C15H25N3O2. The lowest BCUT2D eigenvalue weighted by atomic mass is 10.2. The van der Waals surface area contributed by atoms with Crippen molar-refractivity contribution in [3.8, 4) is 0 Å². The number of aliphatic hydroxyl groups is 1. The van der Waals surface area contributed by atoms with Crippen molar-refractivity contribution in [3.05, 3.63) is 23.4 Å². The van der Waals surface area contributed by atoms with Gasteiger partial charge in [-0.25, -0.2) is 4.98 Å². The van der Waals surface area contributed by atoms with E-state index >= 15 is 0 Å². The summed E-state index contributed by atoms with van der Waals surface area (Å²) in [5.74, 6) is 0.936. The van der Waals surface area contributed by atoms with E-state index in [4.69, 9.17) is 4.74 Å². The fraction of sp³-hybridized carbons (Fsp3) is 0.667. The monoisotopic (exact) mass is 279 g/mol. The predicted molar refractivity (Wildman–Crippen MR) is 80.0 cm³/mol. The molecule has 1 saturated carbocycles. The number of anilines is 1. The highest BCUT2D eigenvalue weighted by Gasteiger charge is 2.20. The molecule has 2 N–H and O–H groups in total. The summed E-state index contributed by atoms with van der Waals surface area (Å²) in [6.45, 7) is 5.03. The van der Waals surface area contributed by atoms with Crippen LogP contribution in [0.4, 0.5) is 5.82 Å². The number of hydrogen-bond acceptors (Lipinski definition) is 5. The number of rotatable bonds is 9. The zero-order valence-electron chi connectivity index (χ0n) is 12.4. The quantitative estimate of drug-likeness (QED) is 0.708. The summed E-state index contributed by atoms with van der Waals surface area (Å²) in [4.78, 5) is 6.63. The number of nitrogens with one attached hydrogen (secondary N) is 1. The Morgan fingerprint density at radius 3 is 2.85 bits per heavy atom. The Hall–Kier alpha value is -1.17. The lowest BCUT2D eigenvalue weighted by molar-refractivity contribution is 0.202. The number of aryl methyl sites for hydroxylation is 1. The molecule has 0 amide bonds. The summed E-state index contributed by atoms with van der Waals surface area (Å²) >= 11 is 0. The van der Waals surface area contributed by atoms with Crippen LogP contribution >= 0.6 is 0 Å². The van der Waals surface area contributed by atoms with Crippen molar-refractivity contribution in [2.75, 3.05) is 38.3 Å². The molecule has 1 heterocycles. The van der Waals surface area contributed by atoms with E-state index in [1.165, 1.54) is 18.4 Å². The first-order valence-electron chi connectivity index (χ1n) is 7.28. The molecule has 2 rings (SSSR count). The molecule has 20 heavy (non-hydrogen) atoms. The molecule has 0 atom stereocenters. The molecule has 112 valence electrons. The fourth-order valence-corrected chi connectivity index (χ4v) is 2.25. The Balaban J connectivity index is 2.00. The van der Waals surface area contributed by atoms with Crippen LogP contribution in [-0.2, 0) is 11.3 Å². The molecule has 1 aromatic heterocycles. The summed E-state index contributed by atoms with van der Waals surface area (Å²) < 4.78 is 5.11. The normalized spacial score (nSPS) is 14.6. The molecule has 0 aromatic carbocycles. The first-order valence-corrected chi connectivity index (χ1v) is 7.28. The third kappa shape index (κ3) is 4.44. The van der Waals surface area contributed by atoms with Gasteiger partial charge in [0, 0.05) is 39.0 Å². The Morgan fingerprint density at radius 2 is 2.25 bits per heavy atom. The summed E-state index contributed by atoms with van der Waals surface area (Å²) in [5, 5.41) is 12.7. The van der Waals surface area contributed by atoms with E-state index in [9.17, 15) is 5.11 Å². The summed E-state index contributed by atoms with van der Waals surface area (Å²) in [6, 6.07) is 2.89. The molecule has 0 bridgehead atoms. The van der Waals surface area contributed by atoms with Gasteiger partial charge in [0.2, 0.25) is 0 Å². The smallest absolute Gasteiger partial charge is 0.131 e. The molecule has 1 aromatic rings. The molecule has 0 aliphatic heterocycles. The second kappa shape index (κ2) is 7.57. The minimum Gasteiger partial charge on any atom is -0.395 e. The van der Waals surface area contributed by atoms with Crippen LogP contribution in [0.2, 0.25) is 0 Å². The largest absolute Gasteiger partial charge is 0.395 e. The zero-order chi connectivity index (χ0) is 14.4. The molecule has 1 aliphatic carbocycles. The maximum atomic E-state index is 9.17. The van der Waals surface area contributed by atoms with Crippen molar-refractivity contribution in [2.45, 2.75) is 32.4 Å². The fourth-order valence-electron chi connectivity index (χ4n) is 2.25. The molecule has 1 fully saturated rings. The topological polar surface area (TPSA) is 57.6 Å². The van der Waals surface area contributed by atoms with Gasteiger partial charge < -0.3 is 20.1 Å². The second-order valence-electron chi connectivity index (χ2n) is 5.34. The van der Waals surface area contributed by atoms with Gasteiger partial charge in [-0.2, -0.15) is 0 Å². The van der Waals surface area contributed by atoms with Crippen LogP contribution in [0.1, 0.15) is 24.0 Å². The van der Waals surface area contributed by atoms with Crippen molar-refractivity contribution in [2.24, 2.45) is 0 Å². The Labute approximate surface area is 121 Å². The van der Waals surface area contributed by atoms with Gasteiger partial charge in [0.05, 0.1) is 13.2 Å². The van der Waals surface area contributed by atoms with Crippen LogP contribution in [0.25, 0.3) is 0 Å². The molecule has 5 nitrogen and oxygen atoms in total. The van der Waals surface area contributed by atoms with Crippen molar-refractivity contribution >= 4 is 5.82 Å². The SMILES string of the molecule is COCCN(CCO)c1ncc(CNC2CC2)cc1C. The average molecular weight is 279 g/mol. The van der Waals surface area contributed by atoms with Gasteiger partial charge in [0.15, 0.2) is 0 Å². The lowest BCUT2D eigenvalue weighted by Crippen LogP contribution is -2.31. The van der Waals surface area contributed by atoms with Gasteiger partial charge >= 0.3 is 0 Å². The van der Waals surface area contributed by atoms with Crippen LogP contribution < -0.4 is 10.2 Å². The van der Waals surface area contributed by atoms with Gasteiger partial charge in [0.1, 0.15) is 5.82 Å². The third-order valence-electron chi connectivity index (χ3n) is 3.51. The van der Waals surface area contributed by atoms with Crippen molar-refractivity contribution < 1.29 is 9.84 Å². The Bertz CT molecular complexity index is 422. The highest BCUT2D eigenvalue weighted by Crippen LogP contribution is 2.21. The summed E-state index contributed by atoms with van der Waals surface area (Å²) in [6.07, 6.45) is 4.52. The number of nitrogens with zero attached hydrogens (tertiary/aromatic N) is 2. The van der Waals surface area contributed by atoms with Gasteiger partial charge in [-0.05, 0) is 37.0 Å². The number of ether oxygens (including phenoxy) is 1. The van der Waals surface area contributed by atoms with Crippen LogP contribution in [0.3, 0.4) is 0 Å². The Morgan fingerprint density at radius 1 is 1.45 bits per heavy atom. The molecule has 0 saturated heterocycles. The first kappa shape index (κ1) is 15.2. The van der Waals surface area contributed by atoms with Crippen molar-refractivity contribution in [1.29, 1.82) is 0 Å². The van der Waals surface area contributed by atoms with E-state index in [0.29, 0.717) is 19.2 Å². The highest BCUT2D eigenvalue weighted by atomic mass is 16.5. The number of hydrogen-bond donors (Lipinski definition) is 2. The maximum absolute atomic E-state index is 9.17. The van der Waals surface area contributed by atoms with Gasteiger partial charge in [-0.3, -0.25) is 0 Å². The van der Waals surface area contributed by atoms with E-state index in [0.717, 1.165) is 24.5 Å².